The van der Waals surface area contributed by atoms with Gasteiger partial charge in [0.1, 0.15) is 0 Å². The van der Waals surface area contributed by atoms with Gasteiger partial charge in [-0.05, 0) is 0 Å². The van der Waals surface area contributed by atoms with E-state index >= 15 is 0 Å². The zero-order valence-corrected chi connectivity index (χ0v) is 6.39. The molecular formula is C5H3BClF2NO2. The first-order valence-electron chi connectivity index (χ1n) is 2.89. The fraction of sp³-hybridized carbons (Fsp3) is 0. The average molecular weight is 193 g/mol. The van der Waals surface area contributed by atoms with Crippen LogP contribution >= 0.6 is 11.6 Å². The summed E-state index contributed by atoms with van der Waals surface area (Å²) in [7, 11) is -2.14. The number of hydrogen-bond acceptors (Lipinski definition) is 3. The van der Waals surface area contributed by atoms with Crippen LogP contribution in [0.1, 0.15) is 0 Å². The molecule has 0 bridgehead atoms. The van der Waals surface area contributed by atoms with Gasteiger partial charge in [0.2, 0.25) is 5.95 Å². The van der Waals surface area contributed by atoms with Crippen LogP contribution in [-0.2, 0) is 0 Å². The lowest BCUT2D eigenvalue weighted by molar-refractivity contribution is 0.418. The van der Waals surface area contributed by atoms with Crippen LogP contribution in [0, 0.1) is 11.8 Å². The van der Waals surface area contributed by atoms with Gasteiger partial charge in [-0.2, -0.15) is 4.39 Å². The van der Waals surface area contributed by atoms with E-state index in [1.807, 2.05) is 0 Å². The molecule has 2 N–H and O–H groups in total. The number of rotatable bonds is 1. The summed E-state index contributed by atoms with van der Waals surface area (Å²) >= 11 is 5.31. The largest absolute Gasteiger partial charge is 0.493 e. The fourth-order valence-corrected chi connectivity index (χ4v) is 0.922. The summed E-state index contributed by atoms with van der Waals surface area (Å²) in [6.45, 7) is 0. The van der Waals surface area contributed by atoms with Gasteiger partial charge >= 0.3 is 7.12 Å². The van der Waals surface area contributed by atoms with Gasteiger partial charge in [-0.25, -0.2) is 9.37 Å². The lowest BCUT2D eigenvalue weighted by Gasteiger charge is -2.03. The van der Waals surface area contributed by atoms with Crippen molar-refractivity contribution in [1.29, 1.82) is 0 Å². The molecule has 0 saturated carbocycles. The summed E-state index contributed by atoms with van der Waals surface area (Å²) in [6, 6.07) is 0. The van der Waals surface area contributed by atoms with Crippen molar-refractivity contribution in [3.63, 3.8) is 0 Å². The van der Waals surface area contributed by atoms with E-state index in [0.717, 1.165) is 6.20 Å². The van der Waals surface area contributed by atoms with Gasteiger partial charge in [0.15, 0.2) is 5.82 Å². The maximum atomic E-state index is 12.7. The molecule has 0 amide bonds. The molecule has 12 heavy (non-hydrogen) atoms. The molecule has 0 atom stereocenters. The molecule has 1 heterocycles. The number of aromatic nitrogens is 1. The van der Waals surface area contributed by atoms with E-state index in [1.54, 1.807) is 0 Å². The predicted molar refractivity (Wildman–Crippen MR) is 39.0 cm³/mol. The number of nitrogens with zero attached hydrogens (tertiary/aromatic N) is 1. The van der Waals surface area contributed by atoms with Gasteiger partial charge in [-0.15, -0.1) is 0 Å². The molecule has 0 aliphatic rings. The summed E-state index contributed by atoms with van der Waals surface area (Å²) in [5.41, 5.74) is -0.704. The molecule has 0 aliphatic carbocycles. The van der Waals surface area contributed by atoms with Gasteiger partial charge < -0.3 is 10.0 Å². The van der Waals surface area contributed by atoms with Crippen molar-refractivity contribution < 1.29 is 18.8 Å². The Morgan fingerprint density at radius 2 is 2.00 bits per heavy atom. The first-order valence-corrected chi connectivity index (χ1v) is 3.27. The zero-order valence-electron chi connectivity index (χ0n) is 5.63. The van der Waals surface area contributed by atoms with E-state index in [2.05, 4.69) is 4.98 Å². The van der Waals surface area contributed by atoms with E-state index in [1.165, 1.54) is 0 Å². The number of halogens is 3. The first kappa shape index (κ1) is 9.37. The molecule has 0 saturated heterocycles. The Bertz CT molecular complexity index is 310. The van der Waals surface area contributed by atoms with E-state index in [4.69, 9.17) is 21.6 Å². The molecule has 0 unspecified atom stereocenters. The Balaban J connectivity index is 3.33. The molecular weight excluding hydrogens is 190 g/mol. The van der Waals surface area contributed by atoms with Gasteiger partial charge in [0, 0.05) is 11.7 Å². The second-order valence-electron chi connectivity index (χ2n) is 2.00. The summed E-state index contributed by atoms with van der Waals surface area (Å²) in [5, 5.41) is 16.8. The third-order valence-corrected chi connectivity index (χ3v) is 1.53. The summed E-state index contributed by atoms with van der Waals surface area (Å²) in [4.78, 5) is 2.93. The van der Waals surface area contributed by atoms with Crippen LogP contribution in [0.15, 0.2) is 6.20 Å². The normalized spacial score (nSPS) is 10.1. The predicted octanol–water partition coefficient (Wildman–Crippen LogP) is -0.307. The minimum absolute atomic E-state index is 0.330. The van der Waals surface area contributed by atoms with Gasteiger partial charge in [0.05, 0.1) is 5.02 Å². The first-order chi connectivity index (χ1) is 5.54. The van der Waals surface area contributed by atoms with Crippen LogP contribution in [0.2, 0.25) is 5.02 Å². The molecule has 1 rings (SSSR count). The van der Waals surface area contributed by atoms with E-state index in [9.17, 15) is 8.78 Å². The van der Waals surface area contributed by atoms with Crippen molar-refractivity contribution in [3.05, 3.63) is 23.0 Å². The Morgan fingerprint density at radius 1 is 1.42 bits per heavy atom. The van der Waals surface area contributed by atoms with E-state index in [-0.39, 0.29) is 5.02 Å². The third kappa shape index (κ3) is 1.55. The molecule has 0 fully saturated rings. The average Bonchev–Trinajstić information content (AvgIpc) is 1.97. The fourth-order valence-electron chi connectivity index (χ4n) is 0.692. The van der Waals surface area contributed by atoms with Crippen molar-refractivity contribution in [1.82, 2.24) is 4.98 Å². The molecule has 3 nitrogen and oxygen atoms in total. The van der Waals surface area contributed by atoms with Crippen LogP contribution in [0.4, 0.5) is 8.78 Å². The molecule has 0 aliphatic heterocycles. The standard InChI is InChI=1S/C5H3BClF2NO2/c7-2-1-10-5(9)4(8)3(2)6(11)12/h1,11-12H. The SMILES string of the molecule is OB(O)c1c(Cl)cnc(F)c1F. The minimum Gasteiger partial charge on any atom is -0.423 e. The van der Waals surface area contributed by atoms with Gasteiger partial charge in [0.25, 0.3) is 0 Å². The highest BCUT2D eigenvalue weighted by atomic mass is 35.5. The maximum absolute atomic E-state index is 12.7. The van der Waals surface area contributed by atoms with Crippen LogP contribution in [0.5, 0.6) is 0 Å². The van der Waals surface area contributed by atoms with Crippen LogP contribution in [0.25, 0.3) is 0 Å². The highest BCUT2D eigenvalue weighted by Crippen LogP contribution is 2.08. The van der Waals surface area contributed by atoms with Crippen LogP contribution in [0.3, 0.4) is 0 Å². The molecule has 64 valence electrons. The third-order valence-electron chi connectivity index (χ3n) is 1.22. The molecule has 0 spiro atoms. The second-order valence-corrected chi connectivity index (χ2v) is 2.41. The molecule has 0 aromatic carbocycles. The lowest BCUT2D eigenvalue weighted by Crippen LogP contribution is -2.35. The quantitative estimate of drug-likeness (QED) is 0.475. The topological polar surface area (TPSA) is 53.4 Å². The summed E-state index contributed by atoms with van der Waals surface area (Å²) in [6.07, 6.45) is 0.800. The van der Waals surface area contributed by atoms with Crippen molar-refractivity contribution in [2.24, 2.45) is 0 Å². The monoisotopic (exact) mass is 193 g/mol. The van der Waals surface area contributed by atoms with Crippen molar-refractivity contribution >= 4 is 24.2 Å². The molecule has 1 aromatic heterocycles. The van der Waals surface area contributed by atoms with Crippen molar-refractivity contribution in [3.8, 4) is 0 Å². The lowest BCUT2D eigenvalue weighted by atomic mass is 9.80. The molecule has 7 heteroatoms. The Morgan fingerprint density at radius 3 is 2.42 bits per heavy atom. The molecule has 1 aromatic rings. The second kappa shape index (κ2) is 3.34. The Hall–Kier alpha value is -0.715. The maximum Gasteiger partial charge on any atom is 0.493 e. The van der Waals surface area contributed by atoms with Crippen LogP contribution in [-0.4, -0.2) is 22.2 Å². The smallest absolute Gasteiger partial charge is 0.423 e. The number of pyridine rings is 1. The summed E-state index contributed by atoms with van der Waals surface area (Å²) in [5.74, 6) is -2.86. The van der Waals surface area contributed by atoms with E-state index < -0.39 is 24.3 Å². The Kier molecular flexibility index (Phi) is 2.61. The Labute approximate surface area is 71.8 Å². The zero-order chi connectivity index (χ0) is 9.30. The van der Waals surface area contributed by atoms with Crippen LogP contribution < -0.4 is 5.46 Å². The highest BCUT2D eigenvalue weighted by Gasteiger charge is 2.23. The van der Waals surface area contributed by atoms with Crippen molar-refractivity contribution in [2.45, 2.75) is 0 Å². The highest BCUT2D eigenvalue weighted by molar-refractivity contribution is 6.62. The number of hydrogen-bond donors (Lipinski definition) is 2. The van der Waals surface area contributed by atoms with E-state index in [0.29, 0.717) is 0 Å². The minimum atomic E-state index is -2.14. The van der Waals surface area contributed by atoms with Gasteiger partial charge in [-0.3, -0.25) is 0 Å². The van der Waals surface area contributed by atoms with Crippen molar-refractivity contribution in [2.75, 3.05) is 0 Å². The molecule has 0 radical (unpaired) electrons. The van der Waals surface area contributed by atoms with Gasteiger partial charge in [-0.1, -0.05) is 11.6 Å². The summed E-state index contributed by atoms with van der Waals surface area (Å²) < 4.78 is 25.0.